The van der Waals surface area contributed by atoms with Crippen molar-refractivity contribution in [1.82, 2.24) is 0 Å². The summed E-state index contributed by atoms with van der Waals surface area (Å²) in [6.45, 7) is 4.17. The summed E-state index contributed by atoms with van der Waals surface area (Å²) >= 11 is 0. The van der Waals surface area contributed by atoms with Gasteiger partial charge in [-0.15, -0.1) is 0 Å². The first-order valence-corrected chi connectivity index (χ1v) is 5.76. The van der Waals surface area contributed by atoms with E-state index in [0.29, 0.717) is 13.0 Å². The maximum absolute atomic E-state index is 11.5. The Balaban J connectivity index is 1.78. The normalized spacial score (nSPS) is 22.2. The molecule has 1 unspecified atom stereocenters. The number of carbonyl (C=O) groups is 1. The van der Waals surface area contributed by atoms with Crippen LogP contribution in [0.4, 0.5) is 5.69 Å². The molecule has 1 aliphatic heterocycles. The first-order chi connectivity index (χ1) is 8.07. The van der Waals surface area contributed by atoms with E-state index in [1.54, 1.807) is 13.8 Å². The highest BCUT2D eigenvalue weighted by atomic mass is 16.8. The number of anilines is 1. The molecule has 0 saturated carbocycles. The maximum atomic E-state index is 11.5. The molecule has 0 spiro atoms. The molecule has 1 N–H and O–H groups in total. The molecular weight excluding hydrogens is 218 g/mol. The Morgan fingerprint density at radius 1 is 1.29 bits per heavy atom. The van der Waals surface area contributed by atoms with E-state index in [-0.39, 0.29) is 5.97 Å². The lowest BCUT2D eigenvalue weighted by Gasteiger charge is -2.15. The van der Waals surface area contributed by atoms with Crippen molar-refractivity contribution in [3.05, 3.63) is 30.3 Å². The molecule has 0 bridgehead atoms. The van der Waals surface area contributed by atoms with Crippen LogP contribution in [0.15, 0.2) is 30.3 Å². The van der Waals surface area contributed by atoms with Gasteiger partial charge in [-0.2, -0.15) is 0 Å². The van der Waals surface area contributed by atoms with Gasteiger partial charge in [0.2, 0.25) is 5.79 Å². The summed E-state index contributed by atoms with van der Waals surface area (Å²) in [4.78, 5) is 11.5. The van der Waals surface area contributed by atoms with Crippen LogP contribution in [-0.4, -0.2) is 24.4 Å². The van der Waals surface area contributed by atoms with E-state index in [2.05, 4.69) is 5.32 Å². The molecule has 0 aromatic heterocycles. The smallest absolute Gasteiger partial charge is 0.337 e. The van der Waals surface area contributed by atoms with Crippen molar-refractivity contribution in [2.45, 2.75) is 32.2 Å². The lowest BCUT2D eigenvalue weighted by molar-refractivity contribution is -0.160. The summed E-state index contributed by atoms with van der Waals surface area (Å²) in [5, 5.41) is 3.23. The van der Waals surface area contributed by atoms with E-state index < -0.39 is 11.9 Å². The Kier molecular flexibility index (Phi) is 3.33. The van der Waals surface area contributed by atoms with Gasteiger partial charge in [0.15, 0.2) is 6.10 Å². The third kappa shape index (κ3) is 3.20. The molecule has 4 nitrogen and oxygen atoms in total. The van der Waals surface area contributed by atoms with Crippen LogP contribution in [0.2, 0.25) is 0 Å². The molecule has 4 heteroatoms. The summed E-state index contributed by atoms with van der Waals surface area (Å²) in [6.07, 6.45) is 0.151. The molecule has 2 rings (SSSR count). The van der Waals surface area contributed by atoms with E-state index in [0.717, 1.165) is 5.69 Å². The minimum atomic E-state index is -0.783. The van der Waals surface area contributed by atoms with Crippen molar-refractivity contribution in [1.29, 1.82) is 0 Å². The third-order valence-corrected chi connectivity index (χ3v) is 2.54. The first kappa shape index (κ1) is 11.9. The lowest BCUT2D eigenvalue weighted by atomic mass is 10.2. The van der Waals surface area contributed by atoms with Gasteiger partial charge in [0.1, 0.15) is 0 Å². The van der Waals surface area contributed by atoms with Crippen LogP contribution >= 0.6 is 0 Å². The molecule has 1 aromatic carbocycles. The van der Waals surface area contributed by atoms with Gasteiger partial charge in [-0.05, 0) is 12.1 Å². The van der Waals surface area contributed by atoms with Crippen molar-refractivity contribution in [3.8, 4) is 0 Å². The Morgan fingerprint density at radius 2 is 2.00 bits per heavy atom. The lowest BCUT2D eigenvalue weighted by Crippen LogP contribution is -2.23. The van der Waals surface area contributed by atoms with Gasteiger partial charge < -0.3 is 14.8 Å². The molecule has 1 aromatic rings. The van der Waals surface area contributed by atoms with Crippen LogP contribution in [0.1, 0.15) is 20.3 Å². The number of cyclic esters (lactones) is 1. The Hall–Kier alpha value is -1.55. The van der Waals surface area contributed by atoms with Crippen molar-refractivity contribution in [2.24, 2.45) is 0 Å². The predicted octanol–water partition coefficient (Wildman–Crippen LogP) is 2.17. The molecule has 1 atom stereocenters. The van der Waals surface area contributed by atoms with Gasteiger partial charge in [0, 0.05) is 32.5 Å². The van der Waals surface area contributed by atoms with E-state index >= 15 is 0 Å². The van der Waals surface area contributed by atoms with Gasteiger partial charge >= 0.3 is 5.97 Å². The first-order valence-electron chi connectivity index (χ1n) is 5.76. The summed E-state index contributed by atoms with van der Waals surface area (Å²) < 4.78 is 10.6. The van der Waals surface area contributed by atoms with Crippen molar-refractivity contribution < 1.29 is 14.3 Å². The average molecular weight is 235 g/mol. The van der Waals surface area contributed by atoms with Crippen LogP contribution in [0, 0.1) is 0 Å². The topological polar surface area (TPSA) is 47.6 Å². The number of ether oxygens (including phenoxy) is 2. The Morgan fingerprint density at radius 3 is 2.59 bits per heavy atom. The summed E-state index contributed by atoms with van der Waals surface area (Å²) in [5.74, 6) is -1.06. The quantitative estimate of drug-likeness (QED) is 0.812. The molecule has 1 fully saturated rings. The van der Waals surface area contributed by atoms with Gasteiger partial charge in [-0.1, -0.05) is 18.2 Å². The van der Waals surface area contributed by atoms with Crippen LogP contribution in [-0.2, 0) is 14.3 Å². The molecule has 0 radical (unpaired) electrons. The largest absolute Gasteiger partial charge is 0.432 e. The number of nitrogens with one attached hydrogen (secondary N) is 1. The number of hydrogen-bond acceptors (Lipinski definition) is 4. The molecule has 1 saturated heterocycles. The van der Waals surface area contributed by atoms with Crippen LogP contribution < -0.4 is 5.32 Å². The van der Waals surface area contributed by atoms with Crippen LogP contribution in [0.3, 0.4) is 0 Å². The van der Waals surface area contributed by atoms with E-state index in [4.69, 9.17) is 9.47 Å². The molecule has 1 aliphatic rings. The highest BCUT2D eigenvalue weighted by molar-refractivity contribution is 5.76. The highest BCUT2D eigenvalue weighted by Gasteiger charge is 2.40. The minimum Gasteiger partial charge on any atom is -0.432 e. The fourth-order valence-electron chi connectivity index (χ4n) is 1.80. The standard InChI is InChI=1S/C13H17NO3/c1-13(2)16-11(12(15)17-13)8-9-14-10-6-4-3-5-7-10/h3-7,11,14H,8-9H2,1-2H3. The second kappa shape index (κ2) is 4.75. The molecule has 1 heterocycles. The summed E-state index contributed by atoms with van der Waals surface area (Å²) in [6, 6.07) is 9.86. The third-order valence-electron chi connectivity index (χ3n) is 2.54. The SMILES string of the molecule is CC1(C)OC(=O)C(CCNc2ccccc2)O1. The zero-order valence-corrected chi connectivity index (χ0v) is 10.1. The van der Waals surface area contributed by atoms with Gasteiger partial charge in [-0.3, -0.25) is 0 Å². The van der Waals surface area contributed by atoms with Crippen LogP contribution in [0.5, 0.6) is 0 Å². The number of benzene rings is 1. The molecule has 92 valence electrons. The van der Waals surface area contributed by atoms with E-state index in [1.165, 1.54) is 0 Å². The highest BCUT2D eigenvalue weighted by Crippen LogP contribution is 2.25. The fraction of sp³-hybridized carbons (Fsp3) is 0.462. The van der Waals surface area contributed by atoms with E-state index in [9.17, 15) is 4.79 Å². The average Bonchev–Trinajstić information content (AvgIpc) is 2.53. The summed E-state index contributed by atoms with van der Waals surface area (Å²) in [7, 11) is 0. The number of carbonyl (C=O) groups excluding carboxylic acids is 1. The second-order valence-electron chi connectivity index (χ2n) is 4.51. The molecule has 0 aliphatic carbocycles. The molecule has 17 heavy (non-hydrogen) atoms. The fourth-order valence-corrected chi connectivity index (χ4v) is 1.80. The van der Waals surface area contributed by atoms with Crippen molar-refractivity contribution >= 4 is 11.7 Å². The molecular formula is C13H17NO3. The number of esters is 1. The minimum absolute atomic E-state index is 0.273. The Bertz CT molecular complexity index is 389. The summed E-state index contributed by atoms with van der Waals surface area (Å²) in [5.41, 5.74) is 1.04. The van der Waals surface area contributed by atoms with Crippen molar-refractivity contribution in [3.63, 3.8) is 0 Å². The molecule has 0 amide bonds. The Labute approximate surface area is 101 Å². The van der Waals surface area contributed by atoms with Gasteiger partial charge in [0.25, 0.3) is 0 Å². The number of hydrogen-bond donors (Lipinski definition) is 1. The number of rotatable bonds is 4. The monoisotopic (exact) mass is 235 g/mol. The van der Waals surface area contributed by atoms with Gasteiger partial charge in [0.05, 0.1) is 0 Å². The second-order valence-corrected chi connectivity index (χ2v) is 4.51. The van der Waals surface area contributed by atoms with Crippen molar-refractivity contribution in [2.75, 3.05) is 11.9 Å². The van der Waals surface area contributed by atoms with Crippen LogP contribution in [0.25, 0.3) is 0 Å². The maximum Gasteiger partial charge on any atom is 0.337 e. The zero-order chi connectivity index (χ0) is 12.3. The zero-order valence-electron chi connectivity index (χ0n) is 10.1. The van der Waals surface area contributed by atoms with E-state index in [1.807, 2.05) is 30.3 Å². The van der Waals surface area contributed by atoms with Gasteiger partial charge in [-0.25, -0.2) is 4.79 Å². The number of para-hydroxylation sites is 1. The predicted molar refractivity (Wildman–Crippen MR) is 64.6 cm³/mol.